The van der Waals surface area contributed by atoms with Gasteiger partial charge < -0.3 is 14.4 Å². The van der Waals surface area contributed by atoms with E-state index in [4.69, 9.17) is 9.47 Å². The number of nitrogens with zero attached hydrogens (tertiary/aromatic N) is 1. The number of rotatable bonds is 6. The summed E-state index contributed by atoms with van der Waals surface area (Å²) in [5.74, 6) is 0.198. The number of amides is 1. The molecular weight excluding hydrogens is 354 g/mol. The number of carbonyl (C=O) groups is 2. The second-order valence-corrected chi connectivity index (χ2v) is 7.06. The van der Waals surface area contributed by atoms with Crippen molar-refractivity contribution in [3.8, 4) is 5.75 Å². The molecule has 1 fully saturated rings. The van der Waals surface area contributed by atoms with Crippen LogP contribution in [0.1, 0.15) is 38.2 Å². The monoisotopic (exact) mass is 381 g/mol. The average Bonchev–Trinajstić information content (AvgIpc) is 2.75. The highest BCUT2D eigenvalue weighted by Gasteiger charge is 2.25. The first-order valence-electron chi connectivity index (χ1n) is 9.83. The molecule has 1 aliphatic heterocycles. The number of ether oxygens (including phenoxy) is 2. The summed E-state index contributed by atoms with van der Waals surface area (Å²) in [7, 11) is 1.64. The van der Waals surface area contributed by atoms with Crippen LogP contribution in [0, 0.1) is 0 Å². The standard InChI is InChI=1S/C23H27NO4/c1-3-20-6-4-5-13-24(20)22(25)16-28-23(26)12-8-17-7-9-19-15-21(27-2)11-10-18(19)14-17/h7-12,14-15,20H,3-6,13,16H2,1-2H3/b12-8+/t20-/m0/s1. The molecule has 5 nitrogen and oxygen atoms in total. The topological polar surface area (TPSA) is 55.8 Å². The second kappa shape index (κ2) is 9.40. The van der Waals surface area contributed by atoms with E-state index in [0.717, 1.165) is 54.3 Å². The number of hydrogen-bond donors (Lipinski definition) is 0. The van der Waals surface area contributed by atoms with E-state index in [-0.39, 0.29) is 18.6 Å². The van der Waals surface area contributed by atoms with Crippen LogP contribution >= 0.6 is 0 Å². The molecule has 5 heteroatoms. The zero-order valence-corrected chi connectivity index (χ0v) is 16.5. The van der Waals surface area contributed by atoms with E-state index in [1.165, 1.54) is 6.08 Å². The zero-order valence-electron chi connectivity index (χ0n) is 16.5. The molecular formula is C23H27NO4. The maximum atomic E-state index is 12.4. The van der Waals surface area contributed by atoms with Crippen molar-refractivity contribution in [3.05, 3.63) is 48.0 Å². The predicted octanol–water partition coefficient (Wildman–Crippen LogP) is 4.20. The van der Waals surface area contributed by atoms with Gasteiger partial charge in [-0.05, 0) is 66.3 Å². The summed E-state index contributed by atoms with van der Waals surface area (Å²) in [5, 5.41) is 2.12. The van der Waals surface area contributed by atoms with E-state index < -0.39 is 5.97 Å². The SMILES string of the molecule is CC[C@H]1CCCCN1C(=O)COC(=O)/C=C/c1ccc2cc(OC)ccc2c1. The van der Waals surface area contributed by atoms with Gasteiger partial charge in [-0.15, -0.1) is 0 Å². The molecule has 2 aromatic rings. The van der Waals surface area contributed by atoms with Crippen LogP contribution in [0.5, 0.6) is 5.75 Å². The summed E-state index contributed by atoms with van der Waals surface area (Å²) in [6.45, 7) is 2.65. The third-order valence-corrected chi connectivity index (χ3v) is 5.24. The number of benzene rings is 2. The Morgan fingerprint density at radius 1 is 1.14 bits per heavy atom. The van der Waals surface area contributed by atoms with Gasteiger partial charge in [-0.1, -0.05) is 25.1 Å². The lowest BCUT2D eigenvalue weighted by Crippen LogP contribution is -2.45. The molecule has 148 valence electrons. The van der Waals surface area contributed by atoms with Crippen LogP contribution in [0.3, 0.4) is 0 Å². The molecule has 1 amide bonds. The minimum Gasteiger partial charge on any atom is -0.497 e. The largest absolute Gasteiger partial charge is 0.497 e. The number of carbonyl (C=O) groups excluding carboxylic acids is 2. The normalized spacial score (nSPS) is 17.1. The first kappa shape index (κ1) is 19.9. The number of hydrogen-bond acceptors (Lipinski definition) is 4. The van der Waals surface area contributed by atoms with Gasteiger partial charge in [0.2, 0.25) is 0 Å². The summed E-state index contributed by atoms with van der Waals surface area (Å²) in [6.07, 6.45) is 7.21. The molecule has 0 saturated carbocycles. The molecule has 1 aliphatic rings. The lowest BCUT2D eigenvalue weighted by atomic mass is 10.00. The molecule has 0 unspecified atom stereocenters. The first-order chi connectivity index (χ1) is 13.6. The van der Waals surface area contributed by atoms with E-state index in [1.807, 2.05) is 41.3 Å². The molecule has 3 rings (SSSR count). The van der Waals surface area contributed by atoms with E-state index >= 15 is 0 Å². The van der Waals surface area contributed by atoms with Gasteiger partial charge in [-0.3, -0.25) is 4.79 Å². The number of piperidine rings is 1. The molecule has 28 heavy (non-hydrogen) atoms. The quantitative estimate of drug-likeness (QED) is 0.556. The van der Waals surface area contributed by atoms with Crippen LogP contribution in [0.25, 0.3) is 16.8 Å². The average molecular weight is 381 g/mol. The fraction of sp³-hybridized carbons (Fsp3) is 0.391. The third-order valence-electron chi connectivity index (χ3n) is 5.24. The Balaban J connectivity index is 1.56. The van der Waals surface area contributed by atoms with E-state index in [9.17, 15) is 9.59 Å². The van der Waals surface area contributed by atoms with Gasteiger partial charge in [-0.2, -0.15) is 0 Å². The lowest BCUT2D eigenvalue weighted by molar-refractivity contribution is -0.150. The molecule has 1 atom stereocenters. The first-order valence-corrected chi connectivity index (χ1v) is 9.83. The Kier molecular flexibility index (Phi) is 6.69. The maximum Gasteiger partial charge on any atom is 0.331 e. The molecule has 2 aromatic carbocycles. The van der Waals surface area contributed by atoms with Crippen molar-refractivity contribution >= 4 is 28.7 Å². The fourth-order valence-electron chi connectivity index (χ4n) is 3.65. The van der Waals surface area contributed by atoms with Gasteiger partial charge in [0.05, 0.1) is 7.11 Å². The van der Waals surface area contributed by atoms with E-state index in [0.29, 0.717) is 0 Å². The van der Waals surface area contributed by atoms with Crippen molar-refractivity contribution in [2.45, 2.75) is 38.6 Å². The molecule has 1 heterocycles. The summed E-state index contributed by atoms with van der Waals surface area (Å²) in [6, 6.07) is 12.0. The van der Waals surface area contributed by atoms with E-state index in [2.05, 4.69) is 6.92 Å². The Bertz CT molecular complexity index is 874. The molecule has 0 aliphatic carbocycles. The van der Waals surface area contributed by atoms with Gasteiger partial charge in [0.1, 0.15) is 5.75 Å². The molecule has 0 aromatic heterocycles. The summed E-state index contributed by atoms with van der Waals surface area (Å²) in [5.41, 5.74) is 0.892. The molecule has 0 bridgehead atoms. The van der Waals surface area contributed by atoms with Crippen LogP contribution < -0.4 is 4.74 Å². The van der Waals surface area contributed by atoms with Gasteiger partial charge in [0, 0.05) is 18.7 Å². The van der Waals surface area contributed by atoms with Crippen molar-refractivity contribution in [1.29, 1.82) is 0 Å². The number of fused-ring (bicyclic) bond motifs is 1. The van der Waals surface area contributed by atoms with Crippen molar-refractivity contribution < 1.29 is 19.1 Å². The zero-order chi connectivity index (χ0) is 19.9. The minimum absolute atomic E-state index is 0.104. The molecule has 0 spiro atoms. The fourth-order valence-corrected chi connectivity index (χ4v) is 3.65. The molecule has 1 saturated heterocycles. The minimum atomic E-state index is -0.506. The Morgan fingerprint density at radius 3 is 2.71 bits per heavy atom. The van der Waals surface area contributed by atoms with Crippen molar-refractivity contribution in [3.63, 3.8) is 0 Å². The van der Waals surface area contributed by atoms with Gasteiger partial charge in [0.25, 0.3) is 5.91 Å². The summed E-state index contributed by atoms with van der Waals surface area (Å²) in [4.78, 5) is 26.2. The van der Waals surface area contributed by atoms with Gasteiger partial charge in [0.15, 0.2) is 6.61 Å². The lowest BCUT2D eigenvalue weighted by Gasteiger charge is -2.35. The van der Waals surface area contributed by atoms with Gasteiger partial charge >= 0.3 is 5.97 Å². The van der Waals surface area contributed by atoms with Crippen LogP contribution in [0.15, 0.2) is 42.5 Å². The van der Waals surface area contributed by atoms with Crippen molar-refractivity contribution in [1.82, 2.24) is 4.90 Å². The maximum absolute atomic E-state index is 12.4. The van der Waals surface area contributed by atoms with Crippen molar-refractivity contribution in [2.75, 3.05) is 20.3 Å². The summed E-state index contributed by atoms with van der Waals surface area (Å²) < 4.78 is 10.4. The molecule has 0 radical (unpaired) electrons. The predicted molar refractivity (Wildman–Crippen MR) is 110 cm³/mol. The van der Waals surface area contributed by atoms with Crippen molar-refractivity contribution in [2.24, 2.45) is 0 Å². The Labute approximate surface area is 165 Å². The smallest absolute Gasteiger partial charge is 0.331 e. The number of esters is 1. The Morgan fingerprint density at radius 2 is 1.93 bits per heavy atom. The van der Waals surface area contributed by atoms with E-state index in [1.54, 1.807) is 13.2 Å². The Hall–Kier alpha value is -2.82. The highest BCUT2D eigenvalue weighted by Crippen LogP contribution is 2.22. The molecule has 0 N–H and O–H groups in total. The number of likely N-dealkylation sites (tertiary alicyclic amines) is 1. The number of methoxy groups -OCH3 is 1. The third kappa shape index (κ3) is 4.91. The van der Waals surface area contributed by atoms with Crippen LogP contribution in [-0.4, -0.2) is 43.1 Å². The van der Waals surface area contributed by atoms with Crippen LogP contribution in [0.4, 0.5) is 0 Å². The second-order valence-electron chi connectivity index (χ2n) is 7.06. The highest BCUT2D eigenvalue weighted by molar-refractivity contribution is 5.91. The van der Waals surface area contributed by atoms with Crippen LogP contribution in [0.2, 0.25) is 0 Å². The highest BCUT2D eigenvalue weighted by atomic mass is 16.5. The van der Waals surface area contributed by atoms with Gasteiger partial charge in [-0.25, -0.2) is 4.79 Å². The van der Waals surface area contributed by atoms with Crippen LogP contribution in [-0.2, 0) is 14.3 Å². The summed E-state index contributed by atoms with van der Waals surface area (Å²) >= 11 is 0.